The highest BCUT2D eigenvalue weighted by atomic mass is 127. The molecule has 0 radical (unpaired) electrons. The summed E-state index contributed by atoms with van der Waals surface area (Å²) < 4.78 is 42.4. The molecule has 1 unspecified atom stereocenters. The predicted octanol–water partition coefficient (Wildman–Crippen LogP) is 2.25. The van der Waals surface area contributed by atoms with Crippen LogP contribution in [0.1, 0.15) is 23.4 Å². The Balaban J connectivity index is 0.00000312. The first-order valence-electron chi connectivity index (χ1n) is 7.96. The molecule has 0 amide bonds. The van der Waals surface area contributed by atoms with Crippen molar-refractivity contribution in [1.29, 1.82) is 0 Å². The lowest BCUT2D eigenvalue weighted by molar-refractivity contribution is -0.143. The molecule has 0 aliphatic carbocycles. The third-order valence-corrected chi connectivity index (χ3v) is 4.09. The highest BCUT2D eigenvalue weighted by Crippen LogP contribution is 2.19. The molecule has 1 aliphatic rings. The summed E-state index contributed by atoms with van der Waals surface area (Å²) in [4.78, 5) is 5.54. The molecule has 1 aromatic rings. The minimum atomic E-state index is -4.15. The molecule has 1 aliphatic heterocycles. The molecule has 10 heteroatoms. The number of halogens is 4. The minimum absolute atomic E-state index is 0. The van der Waals surface area contributed by atoms with E-state index in [9.17, 15) is 13.2 Å². The fourth-order valence-corrected chi connectivity index (χ4v) is 2.90. The van der Waals surface area contributed by atoms with Crippen molar-refractivity contribution in [3.63, 3.8) is 0 Å². The summed E-state index contributed by atoms with van der Waals surface area (Å²) in [5, 5.41) is 10.3. The van der Waals surface area contributed by atoms with E-state index in [0.29, 0.717) is 32.0 Å². The topological polar surface area (TPSA) is 65.7 Å². The SMILES string of the molecule is CN=C(NCCc1c(C)noc1C)NC1CCN(CC(F)(F)F)C1.I. The van der Waals surface area contributed by atoms with Gasteiger partial charge in [-0.3, -0.25) is 9.89 Å². The number of aromatic nitrogens is 1. The standard InChI is InChI=1S/C15H24F3N5O.HI/c1-10-13(11(2)24-22-10)4-6-20-14(19-3)21-12-5-7-23(8-12)9-15(16,17)18;/h12H,4-9H2,1-3H3,(H2,19,20,21);1H. The second-order valence-electron chi connectivity index (χ2n) is 6.03. The Morgan fingerprint density at radius 1 is 1.40 bits per heavy atom. The lowest BCUT2D eigenvalue weighted by Gasteiger charge is -2.19. The van der Waals surface area contributed by atoms with Gasteiger partial charge >= 0.3 is 6.18 Å². The van der Waals surface area contributed by atoms with E-state index < -0.39 is 12.7 Å². The molecule has 0 bridgehead atoms. The molecule has 6 nitrogen and oxygen atoms in total. The molecule has 2 N–H and O–H groups in total. The highest BCUT2D eigenvalue weighted by molar-refractivity contribution is 14.0. The number of nitrogens with one attached hydrogen (secondary N) is 2. The van der Waals surface area contributed by atoms with Gasteiger partial charge in [0.05, 0.1) is 12.2 Å². The summed E-state index contributed by atoms with van der Waals surface area (Å²) in [6.45, 7) is 4.35. The fourth-order valence-electron chi connectivity index (χ4n) is 2.90. The molecule has 144 valence electrons. The van der Waals surface area contributed by atoms with Crippen molar-refractivity contribution in [2.75, 3.05) is 33.2 Å². The number of aliphatic imine (C=N–C) groups is 1. The molecule has 1 atom stereocenters. The van der Waals surface area contributed by atoms with Crippen LogP contribution in [0.5, 0.6) is 0 Å². The third kappa shape index (κ3) is 7.00. The first-order valence-corrected chi connectivity index (χ1v) is 7.96. The van der Waals surface area contributed by atoms with Gasteiger partial charge in [0.1, 0.15) is 5.76 Å². The molecular weight excluding hydrogens is 450 g/mol. The smallest absolute Gasteiger partial charge is 0.361 e. The summed E-state index contributed by atoms with van der Waals surface area (Å²) in [5.41, 5.74) is 1.94. The van der Waals surface area contributed by atoms with Crippen molar-refractivity contribution in [3.05, 3.63) is 17.0 Å². The van der Waals surface area contributed by atoms with Crippen LogP contribution in [0.4, 0.5) is 13.2 Å². The molecule has 1 aromatic heterocycles. The third-order valence-electron chi connectivity index (χ3n) is 4.09. The van der Waals surface area contributed by atoms with Gasteiger partial charge < -0.3 is 15.2 Å². The van der Waals surface area contributed by atoms with Crippen LogP contribution in [0.2, 0.25) is 0 Å². The van der Waals surface area contributed by atoms with Crippen LogP contribution in [0.25, 0.3) is 0 Å². The van der Waals surface area contributed by atoms with E-state index in [1.54, 1.807) is 7.05 Å². The van der Waals surface area contributed by atoms with E-state index in [1.807, 2.05) is 13.8 Å². The van der Waals surface area contributed by atoms with E-state index in [4.69, 9.17) is 4.52 Å². The number of rotatable bonds is 5. The minimum Gasteiger partial charge on any atom is -0.361 e. The van der Waals surface area contributed by atoms with Gasteiger partial charge in [0.15, 0.2) is 5.96 Å². The summed E-state index contributed by atoms with van der Waals surface area (Å²) in [6, 6.07) is -0.0300. The molecule has 0 saturated carbocycles. The van der Waals surface area contributed by atoms with Gasteiger partial charge in [-0.2, -0.15) is 13.2 Å². The largest absolute Gasteiger partial charge is 0.401 e. The molecule has 2 heterocycles. The van der Waals surface area contributed by atoms with Gasteiger partial charge in [0.25, 0.3) is 0 Å². The second-order valence-corrected chi connectivity index (χ2v) is 6.03. The Labute approximate surface area is 162 Å². The van der Waals surface area contributed by atoms with E-state index in [0.717, 1.165) is 23.4 Å². The number of aryl methyl sites for hydroxylation is 2. The zero-order valence-electron chi connectivity index (χ0n) is 14.6. The molecule has 0 spiro atoms. The van der Waals surface area contributed by atoms with E-state index >= 15 is 0 Å². The van der Waals surface area contributed by atoms with Crippen LogP contribution in [-0.2, 0) is 6.42 Å². The maximum absolute atomic E-state index is 12.4. The van der Waals surface area contributed by atoms with Gasteiger partial charge in [-0.1, -0.05) is 5.16 Å². The zero-order valence-corrected chi connectivity index (χ0v) is 16.9. The first-order chi connectivity index (χ1) is 11.3. The highest BCUT2D eigenvalue weighted by Gasteiger charge is 2.34. The summed E-state index contributed by atoms with van der Waals surface area (Å²) in [7, 11) is 1.65. The van der Waals surface area contributed by atoms with Gasteiger partial charge in [0, 0.05) is 38.3 Å². The van der Waals surface area contributed by atoms with Crippen molar-refractivity contribution in [2.24, 2.45) is 4.99 Å². The monoisotopic (exact) mass is 475 g/mol. The van der Waals surface area contributed by atoms with Crippen molar-refractivity contribution in [1.82, 2.24) is 20.7 Å². The number of hydrogen-bond acceptors (Lipinski definition) is 4. The van der Waals surface area contributed by atoms with Crippen LogP contribution in [0, 0.1) is 13.8 Å². The van der Waals surface area contributed by atoms with Gasteiger partial charge in [0.2, 0.25) is 0 Å². The van der Waals surface area contributed by atoms with Crippen LogP contribution < -0.4 is 10.6 Å². The van der Waals surface area contributed by atoms with Crippen molar-refractivity contribution < 1.29 is 17.7 Å². The Morgan fingerprint density at radius 2 is 2.12 bits per heavy atom. The molecule has 1 saturated heterocycles. The Morgan fingerprint density at radius 3 is 2.68 bits per heavy atom. The first kappa shape index (κ1) is 22.0. The number of likely N-dealkylation sites (tertiary alicyclic amines) is 1. The lowest BCUT2D eigenvalue weighted by Crippen LogP contribution is -2.45. The summed E-state index contributed by atoms with van der Waals surface area (Å²) in [5.74, 6) is 1.40. The lowest BCUT2D eigenvalue weighted by atomic mass is 10.1. The molecule has 1 fully saturated rings. The maximum Gasteiger partial charge on any atom is 0.401 e. The van der Waals surface area contributed by atoms with Crippen LogP contribution >= 0.6 is 24.0 Å². The van der Waals surface area contributed by atoms with Crippen molar-refractivity contribution in [2.45, 2.75) is 38.9 Å². The Kier molecular flexibility index (Phi) is 8.45. The average molecular weight is 475 g/mol. The normalized spacial score (nSPS) is 19.0. The number of alkyl halides is 3. The number of hydrogen-bond donors (Lipinski definition) is 2. The summed E-state index contributed by atoms with van der Waals surface area (Å²) in [6.07, 6.45) is -2.74. The molecule has 25 heavy (non-hydrogen) atoms. The van der Waals surface area contributed by atoms with Crippen LogP contribution in [-0.4, -0.2) is 61.5 Å². The fraction of sp³-hybridized carbons (Fsp3) is 0.733. The quantitative estimate of drug-likeness (QED) is 0.389. The average Bonchev–Trinajstić information content (AvgIpc) is 3.04. The molecule has 2 rings (SSSR count). The van der Waals surface area contributed by atoms with Crippen molar-refractivity contribution in [3.8, 4) is 0 Å². The Bertz CT molecular complexity index is 557. The maximum atomic E-state index is 12.4. The predicted molar refractivity (Wildman–Crippen MR) is 100 cm³/mol. The van der Waals surface area contributed by atoms with Crippen LogP contribution in [0.3, 0.4) is 0 Å². The molecule has 0 aromatic carbocycles. The van der Waals surface area contributed by atoms with E-state index in [2.05, 4.69) is 20.8 Å². The number of guanidine groups is 1. The van der Waals surface area contributed by atoms with E-state index in [1.165, 1.54) is 4.90 Å². The number of nitrogens with zero attached hydrogens (tertiary/aromatic N) is 3. The molecular formula is C15H25F3IN5O. The van der Waals surface area contributed by atoms with Crippen LogP contribution in [0.15, 0.2) is 9.52 Å². The zero-order chi connectivity index (χ0) is 17.7. The van der Waals surface area contributed by atoms with Crippen molar-refractivity contribution >= 4 is 29.9 Å². The Hall–Kier alpha value is -1.04. The van der Waals surface area contributed by atoms with E-state index in [-0.39, 0.29) is 30.0 Å². The van der Waals surface area contributed by atoms with Gasteiger partial charge in [-0.05, 0) is 26.7 Å². The second kappa shape index (κ2) is 9.60. The summed E-state index contributed by atoms with van der Waals surface area (Å²) >= 11 is 0. The van der Waals surface area contributed by atoms with Gasteiger partial charge in [-0.15, -0.1) is 24.0 Å². The van der Waals surface area contributed by atoms with Gasteiger partial charge in [-0.25, -0.2) is 0 Å².